The number of aromatic nitrogens is 3. The van der Waals surface area contributed by atoms with Crippen molar-refractivity contribution in [2.45, 2.75) is 51.2 Å². The molecule has 1 fully saturated rings. The summed E-state index contributed by atoms with van der Waals surface area (Å²) >= 11 is 0. The lowest BCUT2D eigenvalue weighted by Gasteiger charge is -2.24. The number of benzene rings is 2. The molecule has 1 saturated carbocycles. The first-order valence-electron chi connectivity index (χ1n) is 11.7. The summed E-state index contributed by atoms with van der Waals surface area (Å²) in [7, 11) is 0. The van der Waals surface area contributed by atoms with Gasteiger partial charge >= 0.3 is 0 Å². The van der Waals surface area contributed by atoms with Gasteiger partial charge < -0.3 is 16.2 Å². The average molecular weight is 456 g/mol. The van der Waals surface area contributed by atoms with Crippen molar-refractivity contribution in [1.82, 2.24) is 19.7 Å². The number of anilines is 1. The van der Waals surface area contributed by atoms with Crippen molar-refractivity contribution >= 4 is 17.2 Å². The number of aryl methyl sites for hydroxylation is 1. The lowest BCUT2D eigenvalue weighted by Crippen LogP contribution is -2.23. The van der Waals surface area contributed by atoms with Crippen molar-refractivity contribution in [2.75, 3.05) is 5.73 Å². The van der Waals surface area contributed by atoms with Crippen molar-refractivity contribution in [1.29, 1.82) is 0 Å². The first-order valence-corrected chi connectivity index (χ1v) is 11.7. The summed E-state index contributed by atoms with van der Waals surface area (Å²) in [5.41, 5.74) is 11.4. The molecule has 2 heterocycles. The Balaban J connectivity index is 1.40. The predicted molar refractivity (Wildman–Crippen MR) is 132 cm³/mol. The predicted octanol–water partition coefficient (Wildman–Crippen LogP) is 4.24. The van der Waals surface area contributed by atoms with E-state index < -0.39 is 0 Å². The lowest BCUT2D eigenvalue weighted by atomic mass is 9.87. The van der Waals surface area contributed by atoms with Crippen LogP contribution in [0.25, 0.3) is 16.8 Å². The van der Waals surface area contributed by atoms with Gasteiger partial charge in [-0.15, -0.1) is 0 Å². The maximum absolute atomic E-state index is 12.5. The van der Waals surface area contributed by atoms with Gasteiger partial charge in [-0.25, -0.2) is 9.97 Å². The van der Waals surface area contributed by atoms with Crippen LogP contribution in [0, 0.1) is 6.92 Å². The fourth-order valence-corrected chi connectivity index (χ4v) is 4.86. The number of hydrogen-bond acceptors (Lipinski definition) is 5. The molecule has 4 aromatic rings. The number of carbonyl (C=O) groups is 1. The first kappa shape index (κ1) is 22.1. The van der Waals surface area contributed by atoms with Gasteiger partial charge in [0.25, 0.3) is 5.91 Å². The molecular weight excluding hydrogens is 426 g/mol. The van der Waals surface area contributed by atoms with Crippen LogP contribution in [0.5, 0.6) is 0 Å². The Kier molecular flexibility index (Phi) is 6.02. The number of fused-ring (bicyclic) bond motifs is 1. The normalized spacial score (nSPS) is 18.2. The third kappa shape index (κ3) is 4.26. The molecule has 0 radical (unpaired) electrons. The molecule has 34 heavy (non-hydrogen) atoms. The molecule has 2 aromatic carbocycles. The van der Waals surface area contributed by atoms with Crippen LogP contribution in [0.3, 0.4) is 0 Å². The lowest BCUT2D eigenvalue weighted by molar-refractivity contribution is 0.0950. The Labute approximate surface area is 198 Å². The van der Waals surface area contributed by atoms with E-state index in [2.05, 4.69) is 10.3 Å². The number of aliphatic hydroxyl groups excluding tert-OH is 1. The van der Waals surface area contributed by atoms with Gasteiger partial charge in [0.05, 0.1) is 6.10 Å². The molecule has 0 bridgehead atoms. The topological polar surface area (TPSA) is 106 Å². The number of imidazole rings is 1. The number of rotatable bonds is 5. The zero-order valence-electron chi connectivity index (χ0n) is 19.2. The van der Waals surface area contributed by atoms with Crippen molar-refractivity contribution in [3.8, 4) is 11.3 Å². The van der Waals surface area contributed by atoms with Gasteiger partial charge in [-0.2, -0.15) is 0 Å². The van der Waals surface area contributed by atoms with Gasteiger partial charge in [0.15, 0.2) is 0 Å². The van der Waals surface area contributed by atoms with E-state index in [1.165, 1.54) is 0 Å². The van der Waals surface area contributed by atoms with Crippen LogP contribution in [0.2, 0.25) is 0 Å². The first-order chi connectivity index (χ1) is 16.5. The molecule has 0 spiro atoms. The minimum absolute atomic E-state index is 0.0829. The Morgan fingerprint density at radius 1 is 1.18 bits per heavy atom. The van der Waals surface area contributed by atoms with Crippen LogP contribution in [0.4, 0.5) is 5.82 Å². The Morgan fingerprint density at radius 2 is 1.97 bits per heavy atom. The van der Waals surface area contributed by atoms with Gasteiger partial charge in [0, 0.05) is 36.0 Å². The quantitative estimate of drug-likeness (QED) is 0.418. The fourth-order valence-electron chi connectivity index (χ4n) is 4.86. The molecule has 4 N–H and O–H groups in total. The standard InChI is InChI=1S/C27H29N5O2/c1-17-5-2-3-8-22(17)27(34)30-16-18-9-11-19(12-10-18)23-24-25(28)29-13-14-32(24)26(31-23)20-6-4-7-21(33)15-20/h2-3,5,8-14,20-21,33H,4,6-7,15-16H2,1H3,(H2,28,29)(H,30,34). The smallest absolute Gasteiger partial charge is 0.251 e. The minimum atomic E-state index is -0.289. The van der Waals surface area contributed by atoms with Crippen LogP contribution < -0.4 is 11.1 Å². The van der Waals surface area contributed by atoms with Gasteiger partial charge in [0.2, 0.25) is 0 Å². The highest BCUT2D eigenvalue weighted by Crippen LogP contribution is 2.36. The molecule has 5 rings (SSSR count). The van der Waals surface area contributed by atoms with E-state index in [4.69, 9.17) is 10.7 Å². The van der Waals surface area contributed by atoms with Crippen LogP contribution in [-0.4, -0.2) is 31.5 Å². The second-order valence-electron chi connectivity index (χ2n) is 9.06. The summed E-state index contributed by atoms with van der Waals surface area (Å²) in [5, 5.41) is 13.2. The Hall–Kier alpha value is -3.71. The number of nitrogens with two attached hydrogens (primary N) is 1. The number of carbonyl (C=O) groups excluding carboxylic acids is 1. The molecule has 174 valence electrons. The van der Waals surface area contributed by atoms with E-state index in [1.807, 2.05) is 66.1 Å². The third-order valence-corrected chi connectivity index (χ3v) is 6.69. The molecule has 0 aliphatic heterocycles. The second kappa shape index (κ2) is 9.27. The summed E-state index contributed by atoms with van der Waals surface area (Å²) in [4.78, 5) is 21.8. The molecule has 0 saturated heterocycles. The van der Waals surface area contributed by atoms with Crippen LogP contribution in [0.1, 0.15) is 58.9 Å². The largest absolute Gasteiger partial charge is 0.393 e. The summed E-state index contributed by atoms with van der Waals surface area (Å²) < 4.78 is 2.02. The molecule has 1 amide bonds. The van der Waals surface area contributed by atoms with E-state index in [1.54, 1.807) is 6.20 Å². The molecule has 2 aromatic heterocycles. The number of nitrogen functional groups attached to an aromatic ring is 1. The number of nitrogens with one attached hydrogen (secondary N) is 1. The molecular formula is C27H29N5O2. The Morgan fingerprint density at radius 3 is 2.74 bits per heavy atom. The van der Waals surface area contributed by atoms with Gasteiger partial charge in [-0.1, -0.05) is 48.9 Å². The third-order valence-electron chi connectivity index (χ3n) is 6.69. The molecule has 2 unspecified atom stereocenters. The van der Waals surface area contributed by atoms with Crippen molar-refractivity contribution in [3.63, 3.8) is 0 Å². The van der Waals surface area contributed by atoms with Crippen LogP contribution >= 0.6 is 0 Å². The SMILES string of the molecule is Cc1ccccc1C(=O)NCc1ccc(-c2nc(C3CCCC(O)C3)n3ccnc(N)c23)cc1. The van der Waals surface area contributed by atoms with Gasteiger partial charge in [-0.05, 0) is 43.4 Å². The minimum Gasteiger partial charge on any atom is -0.393 e. The number of hydrogen-bond donors (Lipinski definition) is 3. The van der Waals surface area contributed by atoms with E-state index in [0.29, 0.717) is 24.3 Å². The van der Waals surface area contributed by atoms with E-state index in [-0.39, 0.29) is 17.9 Å². The molecule has 2 atom stereocenters. The summed E-state index contributed by atoms with van der Waals surface area (Å²) in [6, 6.07) is 15.6. The van der Waals surface area contributed by atoms with E-state index in [9.17, 15) is 9.90 Å². The van der Waals surface area contributed by atoms with Crippen molar-refractivity contribution in [2.24, 2.45) is 0 Å². The maximum Gasteiger partial charge on any atom is 0.251 e. The van der Waals surface area contributed by atoms with E-state index >= 15 is 0 Å². The summed E-state index contributed by atoms with van der Waals surface area (Å²) in [6.07, 6.45) is 6.84. The van der Waals surface area contributed by atoms with Crippen molar-refractivity contribution < 1.29 is 9.90 Å². The van der Waals surface area contributed by atoms with Crippen LogP contribution in [-0.2, 0) is 6.54 Å². The highest BCUT2D eigenvalue weighted by molar-refractivity contribution is 5.95. The van der Waals surface area contributed by atoms with E-state index in [0.717, 1.165) is 53.0 Å². The van der Waals surface area contributed by atoms with Gasteiger partial charge in [-0.3, -0.25) is 9.20 Å². The fraction of sp³-hybridized carbons (Fsp3) is 0.296. The second-order valence-corrected chi connectivity index (χ2v) is 9.06. The van der Waals surface area contributed by atoms with Crippen LogP contribution in [0.15, 0.2) is 60.9 Å². The van der Waals surface area contributed by atoms with Crippen molar-refractivity contribution in [3.05, 3.63) is 83.4 Å². The maximum atomic E-state index is 12.5. The summed E-state index contributed by atoms with van der Waals surface area (Å²) in [5.74, 6) is 1.46. The monoisotopic (exact) mass is 455 g/mol. The zero-order chi connectivity index (χ0) is 23.7. The molecule has 7 heteroatoms. The molecule has 1 aliphatic carbocycles. The highest BCUT2D eigenvalue weighted by atomic mass is 16.3. The number of amides is 1. The Bertz CT molecular complexity index is 1330. The van der Waals surface area contributed by atoms with Gasteiger partial charge in [0.1, 0.15) is 22.9 Å². The summed E-state index contributed by atoms with van der Waals surface area (Å²) in [6.45, 7) is 2.37. The number of aliphatic hydroxyl groups is 1. The highest BCUT2D eigenvalue weighted by Gasteiger charge is 2.27. The number of nitrogens with zero attached hydrogens (tertiary/aromatic N) is 3. The molecule has 7 nitrogen and oxygen atoms in total. The zero-order valence-corrected chi connectivity index (χ0v) is 19.2. The molecule has 1 aliphatic rings. The average Bonchev–Trinajstić information content (AvgIpc) is 3.24.